The average molecular weight is 343 g/mol. The van der Waals surface area contributed by atoms with Gasteiger partial charge in [0.1, 0.15) is 12.5 Å². The molecule has 0 aliphatic heterocycles. The number of anilines is 1. The third kappa shape index (κ3) is 4.56. The van der Waals surface area contributed by atoms with Gasteiger partial charge in [0.05, 0.1) is 17.6 Å². The van der Waals surface area contributed by atoms with Gasteiger partial charge in [-0.3, -0.25) is 4.79 Å². The summed E-state index contributed by atoms with van der Waals surface area (Å²) in [5.74, 6) is -0.0147. The van der Waals surface area contributed by atoms with E-state index in [-0.39, 0.29) is 0 Å². The molecule has 1 aromatic heterocycles. The van der Waals surface area contributed by atoms with Gasteiger partial charge < -0.3 is 14.6 Å². The van der Waals surface area contributed by atoms with E-state index in [1.807, 2.05) is 60.0 Å². The molecule has 25 heavy (non-hydrogen) atoms. The zero-order valence-electron chi connectivity index (χ0n) is 14.6. The molecule has 1 heterocycles. The van der Waals surface area contributed by atoms with Crippen molar-refractivity contribution in [2.45, 2.75) is 13.5 Å². The molecule has 0 radical (unpaired) electrons. The zero-order valence-corrected chi connectivity index (χ0v) is 14.6. The van der Waals surface area contributed by atoms with Crippen molar-refractivity contribution in [2.24, 2.45) is 0 Å². The first kappa shape index (κ1) is 18.4. The lowest BCUT2D eigenvalue weighted by atomic mass is 10.2. The van der Waals surface area contributed by atoms with Gasteiger partial charge in [-0.15, -0.1) is 0 Å². The van der Waals surface area contributed by atoms with Crippen molar-refractivity contribution in [3.05, 3.63) is 48.5 Å². The van der Waals surface area contributed by atoms with Crippen molar-refractivity contribution < 1.29 is 14.3 Å². The quantitative estimate of drug-likeness (QED) is 0.782. The Labute approximate surface area is 146 Å². The number of benzene rings is 2. The Hall–Kier alpha value is -2.89. The van der Waals surface area contributed by atoms with Gasteiger partial charge in [0, 0.05) is 32.3 Å². The Kier molecular flexibility index (Phi) is 6.11. The highest BCUT2D eigenvalue weighted by molar-refractivity contribution is 5.80. The molecule has 3 aromatic rings. The number of aryl methyl sites for hydroxylation is 1. The molecule has 0 aliphatic rings. The molecule has 1 N–H and O–H groups in total. The average Bonchev–Trinajstić information content (AvgIpc) is 2.94. The molecule has 2 aromatic carbocycles. The third-order valence-corrected chi connectivity index (χ3v) is 3.60. The summed E-state index contributed by atoms with van der Waals surface area (Å²) in [5.41, 5.74) is 4.01. The van der Waals surface area contributed by atoms with Gasteiger partial charge in [0.25, 0.3) is 5.97 Å². The molecule has 0 unspecified atom stereocenters. The van der Waals surface area contributed by atoms with Gasteiger partial charge in [-0.2, -0.15) is 0 Å². The molecule has 3 rings (SSSR count). The Morgan fingerprint density at radius 3 is 2.32 bits per heavy atom. The molecule has 0 spiro atoms. The lowest BCUT2D eigenvalue weighted by Gasteiger charge is -2.13. The number of fused-ring (bicyclic) bond motifs is 1. The Balaban J connectivity index is 0.000000511. The topological polar surface area (TPSA) is 58.4 Å². The summed E-state index contributed by atoms with van der Waals surface area (Å²) in [5, 5.41) is 7.42. The van der Waals surface area contributed by atoms with Crippen molar-refractivity contribution in [3.63, 3.8) is 0 Å². The fourth-order valence-corrected chi connectivity index (χ4v) is 2.52. The molecule has 6 heteroatoms. The maximum absolute atomic E-state index is 12.9. The van der Waals surface area contributed by atoms with Crippen molar-refractivity contribution in [1.82, 2.24) is 9.55 Å². The number of nitrogens with zero attached hydrogens (tertiary/aromatic N) is 3. The van der Waals surface area contributed by atoms with Crippen LogP contribution in [-0.2, 0) is 11.3 Å². The standard InChI is InChI=1S/C17H18FN3.C2H4O2/c1-20(2)14-9-7-13(8-10-14)17-19-15-5-3-4-6-16(15)21(17)12-11-18;1-2(3)4/h3-10H,11-12H2,1-2H3;1H3,(H,3,4). The molecule has 0 saturated heterocycles. The van der Waals surface area contributed by atoms with Gasteiger partial charge in [-0.1, -0.05) is 12.1 Å². The van der Waals surface area contributed by atoms with Gasteiger partial charge >= 0.3 is 0 Å². The fraction of sp³-hybridized carbons (Fsp3) is 0.263. The first-order valence-corrected chi connectivity index (χ1v) is 7.92. The van der Waals surface area contributed by atoms with Crippen LogP contribution in [-0.4, -0.2) is 41.4 Å². The van der Waals surface area contributed by atoms with Crippen LogP contribution in [0.5, 0.6) is 0 Å². The third-order valence-electron chi connectivity index (χ3n) is 3.60. The minimum Gasteiger partial charge on any atom is -0.481 e. The second-order valence-corrected chi connectivity index (χ2v) is 5.73. The second-order valence-electron chi connectivity index (χ2n) is 5.73. The monoisotopic (exact) mass is 343 g/mol. The van der Waals surface area contributed by atoms with E-state index in [4.69, 9.17) is 9.90 Å². The minimum atomic E-state index is -0.833. The van der Waals surface area contributed by atoms with Crippen molar-refractivity contribution in [3.8, 4) is 11.4 Å². The maximum Gasteiger partial charge on any atom is 0.300 e. The number of hydrogen-bond acceptors (Lipinski definition) is 3. The summed E-state index contributed by atoms with van der Waals surface area (Å²) in [6, 6.07) is 16.0. The summed E-state index contributed by atoms with van der Waals surface area (Å²) < 4.78 is 14.8. The van der Waals surface area contributed by atoms with Crippen molar-refractivity contribution in [1.29, 1.82) is 0 Å². The van der Waals surface area contributed by atoms with Crippen LogP contribution in [0, 0.1) is 0 Å². The van der Waals surface area contributed by atoms with E-state index >= 15 is 0 Å². The molecule has 0 fully saturated rings. The second kappa shape index (κ2) is 8.28. The first-order valence-electron chi connectivity index (χ1n) is 7.92. The van der Waals surface area contributed by atoms with Crippen LogP contribution in [0.2, 0.25) is 0 Å². The van der Waals surface area contributed by atoms with Crippen LogP contribution in [0.3, 0.4) is 0 Å². The molecule has 132 valence electrons. The zero-order chi connectivity index (χ0) is 18.4. The van der Waals surface area contributed by atoms with Crippen LogP contribution in [0.4, 0.5) is 10.1 Å². The minimum absolute atomic E-state index is 0.325. The summed E-state index contributed by atoms with van der Waals surface area (Å²) in [4.78, 5) is 15.7. The van der Waals surface area contributed by atoms with Crippen LogP contribution >= 0.6 is 0 Å². The number of carboxylic acid groups (broad SMARTS) is 1. The van der Waals surface area contributed by atoms with Crippen LogP contribution in [0.15, 0.2) is 48.5 Å². The molecule has 0 atom stereocenters. The van der Waals surface area contributed by atoms with E-state index < -0.39 is 12.6 Å². The highest BCUT2D eigenvalue weighted by Crippen LogP contribution is 2.26. The Morgan fingerprint density at radius 2 is 1.76 bits per heavy atom. The smallest absolute Gasteiger partial charge is 0.300 e. The molecule has 0 saturated carbocycles. The summed E-state index contributed by atoms with van der Waals surface area (Å²) in [6.07, 6.45) is 0. The van der Waals surface area contributed by atoms with Crippen LogP contribution < -0.4 is 4.90 Å². The van der Waals surface area contributed by atoms with E-state index in [2.05, 4.69) is 17.1 Å². The number of alkyl halides is 1. The number of para-hydroxylation sites is 2. The van der Waals surface area contributed by atoms with E-state index in [0.717, 1.165) is 35.0 Å². The maximum atomic E-state index is 12.9. The van der Waals surface area contributed by atoms with Gasteiger partial charge in [-0.05, 0) is 36.4 Å². The number of imidazole rings is 1. The summed E-state index contributed by atoms with van der Waals surface area (Å²) in [6.45, 7) is 1.01. The van der Waals surface area contributed by atoms with Gasteiger partial charge in [0.2, 0.25) is 0 Å². The van der Waals surface area contributed by atoms with Crippen LogP contribution in [0.1, 0.15) is 6.92 Å². The molecular formula is C19H22FN3O2. The molecule has 0 aliphatic carbocycles. The predicted octanol–water partition coefficient (Wildman–Crippen LogP) is 3.83. The van der Waals surface area contributed by atoms with Gasteiger partial charge in [-0.25, -0.2) is 9.37 Å². The van der Waals surface area contributed by atoms with E-state index in [1.54, 1.807) is 0 Å². The number of aromatic nitrogens is 2. The van der Waals surface area contributed by atoms with Crippen molar-refractivity contribution in [2.75, 3.05) is 25.7 Å². The van der Waals surface area contributed by atoms with E-state index in [1.165, 1.54) is 0 Å². The van der Waals surface area contributed by atoms with Gasteiger partial charge in [0.15, 0.2) is 0 Å². The molecular weight excluding hydrogens is 321 g/mol. The predicted molar refractivity (Wildman–Crippen MR) is 98.8 cm³/mol. The van der Waals surface area contributed by atoms with Crippen LogP contribution in [0.25, 0.3) is 22.4 Å². The molecule has 0 bridgehead atoms. The molecule has 0 amide bonds. The van der Waals surface area contributed by atoms with E-state index in [9.17, 15) is 4.39 Å². The summed E-state index contributed by atoms with van der Waals surface area (Å²) >= 11 is 0. The lowest BCUT2D eigenvalue weighted by molar-refractivity contribution is -0.134. The number of hydrogen-bond donors (Lipinski definition) is 1. The number of aliphatic carboxylic acids is 1. The first-order chi connectivity index (χ1) is 11.9. The highest BCUT2D eigenvalue weighted by Gasteiger charge is 2.12. The largest absolute Gasteiger partial charge is 0.481 e. The number of carboxylic acids is 1. The lowest BCUT2D eigenvalue weighted by Crippen LogP contribution is -2.08. The number of carbonyl (C=O) groups is 1. The van der Waals surface area contributed by atoms with E-state index in [0.29, 0.717) is 6.54 Å². The Bertz CT molecular complexity index is 838. The fourth-order valence-electron chi connectivity index (χ4n) is 2.52. The molecule has 5 nitrogen and oxygen atoms in total. The Morgan fingerprint density at radius 1 is 1.16 bits per heavy atom. The number of halogens is 1. The highest BCUT2D eigenvalue weighted by atomic mass is 19.1. The SMILES string of the molecule is CC(=O)O.CN(C)c1ccc(-c2nc3ccccc3n2CCF)cc1. The number of rotatable bonds is 4. The normalized spacial score (nSPS) is 10.2. The van der Waals surface area contributed by atoms with Crippen molar-refractivity contribution >= 4 is 22.7 Å². The summed E-state index contributed by atoms with van der Waals surface area (Å²) in [7, 11) is 4.01.